The molecule has 0 aliphatic heterocycles. The van der Waals surface area contributed by atoms with Crippen molar-refractivity contribution in [3.63, 3.8) is 0 Å². The van der Waals surface area contributed by atoms with Gasteiger partial charge in [0.15, 0.2) is 0 Å². The normalized spacial score (nSPS) is 25.2. The van der Waals surface area contributed by atoms with Crippen LogP contribution in [0.5, 0.6) is 0 Å². The highest BCUT2D eigenvalue weighted by Gasteiger charge is 2.56. The second-order valence-corrected chi connectivity index (χ2v) is 5.07. The summed E-state index contributed by atoms with van der Waals surface area (Å²) in [6, 6.07) is -0.398. The van der Waals surface area contributed by atoms with Crippen LogP contribution in [0.1, 0.15) is 19.8 Å². The van der Waals surface area contributed by atoms with Gasteiger partial charge < -0.3 is 10.4 Å². The first-order valence-corrected chi connectivity index (χ1v) is 4.98. The van der Waals surface area contributed by atoms with Crippen molar-refractivity contribution in [1.29, 1.82) is 0 Å². The van der Waals surface area contributed by atoms with Crippen LogP contribution in [0.3, 0.4) is 0 Å². The molecule has 1 amide bonds. The molecular formula is C8H11Cl2NO3. The Morgan fingerprint density at radius 3 is 2.50 bits per heavy atom. The lowest BCUT2D eigenvalue weighted by molar-refractivity contribution is -0.137. The van der Waals surface area contributed by atoms with Gasteiger partial charge in [-0.25, -0.2) is 0 Å². The van der Waals surface area contributed by atoms with Gasteiger partial charge in [0, 0.05) is 6.04 Å². The molecule has 1 fully saturated rings. The second kappa shape index (κ2) is 3.95. The molecule has 0 saturated heterocycles. The van der Waals surface area contributed by atoms with E-state index in [0.717, 1.165) is 0 Å². The molecular weight excluding hydrogens is 229 g/mol. The van der Waals surface area contributed by atoms with Crippen LogP contribution in [0.25, 0.3) is 0 Å². The van der Waals surface area contributed by atoms with E-state index in [9.17, 15) is 9.59 Å². The van der Waals surface area contributed by atoms with Gasteiger partial charge in [0.2, 0.25) is 5.91 Å². The Morgan fingerprint density at radius 1 is 1.64 bits per heavy atom. The molecule has 2 atom stereocenters. The summed E-state index contributed by atoms with van der Waals surface area (Å²) in [6.45, 7) is 1.62. The zero-order valence-corrected chi connectivity index (χ0v) is 9.10. The van der Waals surface area contributed by atoms with Crippen LogP contribution in [0.15, 0.2) is 0 Å². The number of hydrogen-bond donors (Lipinski definition) is 2. The Balaban J connectivity index is 2.31. The summed E-state index contributed by atoms with van der Waals surface area (Å²) < 4.78 is -0.951. The van der Waals surface area contributed by atoms with E-state index in [1.165, 1.54) is 0 Å². The van der Waals surface area contributed by atoms with E-state index in [2.05, 4.69) is 5.32 Å². The van der Waals surface area contributed by atoms with Crippen LogP contribution in [0.2, 0.25) is 0 Å². The number of halogens is 2. The maximum atomic E-state index is 11.3. The summed E-state index contributed by atoms with van der Waals surface area (Å²) in [5.74, 6) is -1.62. The minimum atomic E-state index is -0.951. The van der Waals surface area contributed by atoms with Crippen molar-refractivity contribution in [3.8, 4) is 0 Å². The Bertz CT molecular complexity index is 267. The Hall–Kier alpha value is -0.480. The molecule has 0 aromatic heterocycles. The van der Waals surface area contributed by atoms with Crippen molar-refractivity contribution < 1.29 is 14.7 Å². The van der Waals surface area contributed by atoms with Crippen molar-refractivity contribution in [1.82, 2.24) is 5.32 Å². The topological polar surface area (TPSA) is 66.4 Å². The standard InChI is InChI=1S/C8H11Cl2NO3/c1-4(2-6(12)13)11-7(14)5-3-8(5,9)10/h4-5H,2-3H2,1H3,(H,11,14)(H,12,13). The first-order chi connectivity index (χ1) is 6.33. The van der Waals surface area contributed by atoms with E-state index < -0.39 is 22.3 Å². The van der Waals surface area contributed by atoms with E-state index in [-0.39, 0.29) is 12.3 Å². The molecule has 0 spiro atoms. The van der Waals surface area contributed by atoms with Gasteiger partial charge in [-0.2, -0.15) is 0 Å². The number of amides is 1. The molecule has 0 aromatic rings. The number of carbonyl (C=O) groups is 2. The SMILES string of the molecule is CC(CC(=O)O)NC(=O)C1CC1(Cl)Cl. The first kappa shape index (κ1) is 11.6. The quantitative estimate of drug-likeness (QED) is 0.724. The van der Waals surface area contributed by atoms with Gasteiger partial charge in [-0.05, 0) is 13.3 Å². The number of hydrogen-bond acceptors (Lipinski definition) is 2. The van der Waals surface area contributed by atoms with E-state index >= 15 is 0 Å². The highest BCUT2D eigenvalue weighted by molar-refractivity contribution is 6.52. The molecule has 1 saturated carbocycles. The summed E-state index contributed by atoms with van der Waals surface area (Å²) in [5.41, 5.74) is 0. The molecule has 14 heavy (non-hydrogen) atoms. The molecule has 80 valence electrons. The van der Waals surface area contributed by atoms with Gasteiger partial charge in [0.05, 0.1) is 12.3 Å². The summed E-state index contributed by atoms with van der Waals surface area (Å²) in [4.78, 5) is 21.6. The molecule has 0 aromatic carbocycles. The fourth-order valence-electron chi connectivity index (χ4n) is 1.15. The summed E-state index contributed by atoms with van der Waals surface area (Å²) in [7, 11) is 0. The minimum absolute atomic E-state index is 0.101. The summed E-state index contributed by atoms with van der Waals surface area (Å²) in [6.07, 6.45) is 0.331. The number of carboxylic acid groups (broad SMARTS) is 1. The van der Waals surface area contributed by atoms with Gasteiger partial charge in [0.1, 0.15) is 4.33 Å². The van der Waals surface area contributed by atoms with Gasteiger partial charge in [-0.3, -0.25) is 9.59 Å². The Kier molecular flexibility index (Phi) is 3.27. The first-order valence-electron chi connectivity index (χ1n) is 4.23. The molecule has 2 N–H and O–H groups in total. The lowest BCUT2D eigenvalue weighted by Crippen LogP contribution is -2.36. The summed E-state index contributed by atoms with van der Waals surface area (Å²) >= 11 is 11.4. The third kappa shape index (κ3) is 3.03. The van der Waals surface area contributed by atoms with Crippen molar-refractivity contribution in [3.05, 3.63) is 0 Å². The van der Waals surface area contributed by atoms with Gasteiger partial charge in [-0.15, -0.1) is 23.2 Å². The van der Waals surface area contributed by atoms with Gasteiger partial charge in [0.25, 0.3) is 0 Å². The number of aliphatic carboxylic acids is 1. The highest BCUT2D eigenvalue weighted by atomic mass is 35.5. The lowest BCUT2D eigenvalue weighted by Gasteiger charge is -2.11. The van der Waals surface area contributed by atoms with Crippen LogP contribution in [0, 0.1) is 5.92 Å². The minimum Gasteiger partial charge on any atom is -0.481 e. The third-order valence-electron chi connectivity index (χ3n) is 2.01. The Morgan fingerprint density at radius 2 is 2.14 bits per heavy atom. The average Bonchev–Trinajstić information content (AvgIpc) is 2.57. The number of carboxylic acids is 1. The summed E-state index contributed by atoms with van der Waals surface area (Å²) in [5, 5.41) is 11.0. The van der Waals surface area contributed by atoms with E-state index in [1.54, 1.807) is 6.92 Å². The zero-order chi connectivity index (χ0) is 10.9. The van der Waals surface area contributed by atoms with E-state index in [4.69, 9.17) is 28.3 Å². The lowest BCUT2D eigenvalue weighted by atomic mass is 10.2. The van der Waals surface area contributed by atoms with Crippen molar-refractivity contribution in [2.45, 2.75) is 30.1 Å². The second-order valence-electron chi connectivity index (χ2n) is 3.53. The molecule has 1 aliphatic rings. The number of alkyl halides is 2. The van der Waals surface area contributed by atoms with Crippen LogP contribution in [0.4, 0.5) is 0 Å². The molecule has 0 heterocycles. The van der Waals surface area contributed by atoms with Crippen molar-refractivity contribution in [2.24, 2.45) is 5.92 Å². The van der Waals surface area contributed by atoms with Crippen LogP contribution < -0.4 is 5.32 Å². The van der Waals surface area contributed by atoms with Gasteiger partial charge >= 0.3 is 5.97 Å². The van der Waals surface area contributed by atoms with E-state index in [0.29, 0.717) is 6.42 Å². The maximum absolute atomic E-state index is 11.3. The molecule has 2 unspecified atom stereocenters. The van der Waals surface area contributed by atoms with Crippen molar-refractivity contribution in [2.75, 3.05) is 0 Å². The average molecular weight is 240 g/mol. The fourth-order valence-corrected chi connectivity index (χ4v) is 1.66. The van der Waals surface area contributed by atoms with E-state index in [1.807, 2.05) is 0 Å². The molecule has 0 radical (unpaired) electrons. The maximum Gasteiger partial charge on any atom is 0.305 e. The Labute approximate surface area is 91.6 Å². The molecule has 1 rings (SSSR count). The number of nitrogens with one attached hydrogen (secondary N) is 1. The number of rotatable bonds is 4. The highest BCUT2D eigenvalue weighted by Crippen LogP contribution is 2.53. The van der Waals surface area contributed by atoms with Crippen LogP contribution >= 0.6 is 23.2 Å². The smallest absolute Gasteiger partial charge is 0.305 e. The molecule has 6 heteroatoms. The molecule has 0 bridgehead atoms. The molecule has 1 aliphatic carbocycles. The zero-order valence-electron chi connectivity index (χ0n) is 7.59. The van der Waals surface area contributed by atoms with Gasteiger partial charge in [-0.1, -0.05) is 0 Å². The predicted molar refractivity (Wildman–Crippen MR) is 52.4 cm³/mol. The van der Waals surface area contributed by atoms with Crippen LogP contribution in [-0.4, -0.2) is 27.4 Å². The monoisotopic (exact) mass is 239 g/mol. The fraction of sp³-hybridized carbons (Fsp3) is 0.750. The largest absolute Gasteiger partial charge is 0.481 e. The number of carbonyl (C=O) groups excluding carboxylic acids is 1. The third-order valence-corrected chi connectivity index (χ3v) is 2.85. The van der Waals surface area contributed by atoms with Crippen molar-refractivity contribution >= 4 is 35.1 Å². The molecule has 4 nitrogen and oxygen atoms in total. The predicted octanol–water partition coefficient (Wildman–Crippen LogP) is 1.16. The van der Waals surface area contributed by atoms with Crippen LogP contribution in [-0.2, 0) is 9.59 Å².